The lowest BCUT2D eigenvalue weighted by molar-refractivity contribution is -0.137. The molecule has 0 aliphatic carbocycles. The topological polar surface area (TPSA) is 33.1 Å². The number of aliphatic hydroxyl groups is 1. The fourth-order valence-corrected chi connectivity index (χ4v) is 1.47. The van der Waals surface area contributed by atoms with E-state index < -0.39 is 16.8 Å². The van der Waals surface area contributed by atoms with Gasteiger partial charge in [-0.1, -0.05) is 0 Å². The zero-order chi connectivity index (χ0) is 10.3. The second-order valence-electron chi connectivity index (χ2n) is 3.09. The van der Waals surface area contributed by atoms with Gasteiger partial charge >= 0.3 is 6.18 Å². The van der Waals surface area contributed by atoms with Crippen LogP contribution in [0.4, 0.5) is 13.2 Å². The number of aromatic nitrogens is 1. The molecule has 1 aromatic heterocycles. The number of hydrogen-bond donors (Lipinski definition) is 1. The van der Waals surface area contributed by atoms with Crippen molar-refractivity contribution in [2.45, 2.75) is 25.6 Å². The monoisotopic (exact) mass is 211 g/mol. The number of rotatable bonds is 1. The summed E-state index contributed by atoms with van der Waals surface area (Å²) in [6.45, 7) is 2.83. The molecule has 74 valence electrons. The van der Waals surface area contributed by atoms with Gasteiger partial charge in [0.2, 0.25) is 0 Å². The summed E-state index contributed by atoms with van der Waals surface area (Å²) in [5.41, 5.74) is -1.26. The minimum absolute atomic E-state index is 0.208. The van der Waals surface area contributed by atoms with Crippen molar-refractivity contribution in [2.24, 2.45) is 0 Å². The van der Waals surface area contributed by atoms with Crippen LogP contribution in [-0.4, -0.2) is 10.1 Å². The maximum absolute atomic E-state index is 12.1. The number of hydrogen-bond acceptors (Lipinski definition) is 3. The van der Waals surface area contributed by atoms with Crippen LogP contribution in [0, 0.1) is 0 Å². The molecule has 0 amide bonds. The Labute approximate surface area is 77.0 Å². The second-order valence-corrected chi connectivity index (χ2v) is 4.12. The molecule has 0 bridgehead atoms. The fraction of sp³-hybridized carbons (Fsp3) is 0.571. The first-order valence-electron chi connectivity index (χ1n) is 3.47. The van der Waals surface area contributed by atoms with Gasteiger partial charge in [-0.2, -0.15) is 13.2 Å². The Kier molecular flexibility index (Phi) is 2.38. The van der Waals surface area contributed by atoms with Crippen LogP contribution in [0.2, 0.25) is 0 Å². The molecule has 1 N–H and O–H groups in total. The van der Waals surface area contributed by atoms with Crippen molar-refractivity contribution < 1.29 is 18.3 Å². The summed E-state index contributed by atoms with van der Waals surface area (Å²) >= 11 is 0.461. The molecule has 0 aromatic carbocycles. The lowest BCUT2D eigenvalue weighted by atomic mass is 10.1. The van der Waals surface area contributed by atoms with Gasteiger partial charge in [-0.15, -0.1) is 11.3 Å². The predicted molar refractivity (Wildman–Crippen MR) is 42.4 cm³/mol. The van der Waals surface area contributed by atoms with Crippen molar-refractivity contribution in [3.8, 4) is 0 Å². The van der Waals surface area contributed by atoms with E-state index in [-0.39, 0.29) is 4.88 Å². The van der Waals surface area contributed by atoms with Gasteiger partial charge in [0.25, 0.3) is 0 Å². The van der Waals surface area contributed by atoms with E-state index in [1.165, 1.54) is 13.8 Å². The summed E-state index contributed by atoms with van der Waals surface area (Å²) < 4.78 is 36.2. The molecule has 0 unspecified atom stereocenters. The third-order valence-electron chi connectivity index (χ3n) is 1.35. The third kappa shape index (κ3) is 2.41. The minimum Gasteiger partial charge on any atom is -0.385 e. The quantitative estimate of drug-likeness (QED) is 0.773. The molecule has 6 heteroatoms. The largest absolute Gasteiger partial charge is 0.443 e. The van der Waals surface area contributed by atoms with Gasteiger partial charge in [0.05, 0.1) is 10.5 Å². The normalized spacial score (nSPS) is 13.4. The zero-order valence-electron chi connectivity index (χ0n) is 7.01. The van der Waals surface area contributed by atoms with Crippen LogP contribution in [-0.2, 0) is 11.8 Å². The summed E-state index contributed by atoms with van der Waals surface area (Å²) in [6.07, 6.45) is -3.37. The first kappa shape index (κ1) is 10.5. The molecule has 13 heavy (non-hydrogen) atoms. The van der Waals surface area contributed by atoms with Crippen LogP contribution >= 0.6 is 11.3 Å². The Morgan fingerprint density at radius 3 is 2.15 bits per heavy atom. The van der Waals surface area contributed by atoms with Crippen molar-refractivity contribution >= 4 is 11.3 Å². The van der Waals surface area contributed by atoms with E-state index in [4.69, 9.17) is 0 Å². The van der Waals surface area contributed by atoms with E-state index in [0.717, 1.165) is 6.20 Å². The highest BCUT2D eigenvalue weighted by Gasteiger charge is 2.36. The summed E-state index contributed by atoms with van der Waals surface area (Å²) in [6, 6.07) is 0. The van der Waals surface area contributed by atoms with Crippen molar-refractivity contribution in [1.82, 2.24) is 4.98 Å². The molecule has 0 atom stereocenters. The Morgan fingerprint density at radius 2 is 1.92 bits per heavy atom. The standard InChI is InChI=1S/C7H8F3NOS/c1-6(2,12)4-3-11-5(13-4)7(8,9)10/h3,12H,1-2H3. The van der Waals surface area contributed by atoms with E-state index in [0.29, 0.717) is 11.3 Å². The van der Waals surface area contributed by atoms with E-state index in [9.17, 15) is 18.3 Å². The number of halogens is 3. The van der Waals surface area contributed by atoms with E-state index in [2.05, 4.69) is 4.98 Å². The van der Waals surface area contributed by atoms with E-state index in [1.807, 2.05) is 0 Å². The molecular formula is C7H8F3NOS. The number of alkyl halides is 3. The second kappa shape index (κ2) is 2.95. The summed E-state index contributed by atoms with van der Waals surface area (Å²) in [5, 5.41) is 8.44. The van der Waals surface area contributed by atoms with Gasteiger partial charge in [0, 0.05) is 6.20 Å². The lowest BCUT2D eigenvalue weighted by Crippen LogP contribution is -2.12. The van der Waals surface area contributed by atoms with Crippen LogP contribution in [0.25, 0.3) is 0 Å². The molecule has 0 aliphatic heterocycles. The lowest BCUT2D eigenvalue weighted by Gasteiger charge is -2.13. The Morgan fingerprint density at radius 1 is 1.38 bits per heavy atom. The molecular weight excluding hydrogens is 203 g/mol. The van der Waals surface area contributed by atoms with E-state index in [1.54, 1.807) is 0 Å². The van der Waals surface area contributed by atoms with Gasteiger partial charge in [-0.3, -0.25) is 0 Å². The summed E-state index contributed by atoms with van der Waals surface area (Å²) in [4.78, 5) is 3.40. The maximum atomic E-state index is 12.1. The smallest absolute Gasteiger partial charge is 0.385 e. The van der Waals surface area contributed by atoms with Gasteiger partial charge < -0.3 is 5.11 Å². The van der Waals surface area contributed by atoms with Crippen molar-refractivity contribution in [2.75, 3.05) is 0 Å². The van der Waals surface area contributed by atoms with Crippen LogP contribution in [0.5, 0.6) is 0 Å². The molecule has 0 fully saturated rings. The Bertz CT molecular complexity index is 271. The molecule has 1 rings (SSSR count). The van der Waals surface area contributed by atoms with Crippen molar-refractivity contribution in [3.05, 3.63) is 16.1 Å². The summed E-state index contributed by atoms with van der Waals surface area (Å²) in [5.74, 6) is 0. The molecule has 1 aromatic rings. The predicted octanol–water partition coefficient (Wildman–Crippen LogP) is 2.39. The van der Waals surface area contributed by atoms with Gasteiger partial charge in [0.1, 0.15) is 0 Å². The van der Waals surface area contributed by atoms with Crippen LogP contribution in [0.15, 0.2) is 6.20 Å². The molecule has 2 nitrogen and oxygen atoms in total. The van der Waals surface area contributed by atoms with Crippen LogP contribution < -0.4 is 0 Å². The Hall–Kier alpha value is -0.620. The third-order valence-corrected chi connectivity index (χ3v) is 2.71. The fourth-order valence-electron chi connectivity index (χ4n) is 0.688. The summed E-state index contributed by atoms with van der Waals surface area (Å²) in [7, 11) is 0. The van der Waals surface area contributed by atoms with Gasteiger partial charge in [-0.05, 0) is 13.8 Å². The minimum atomic E-state index is -4.42. The molecule has 0 aliphatic rings. The first-order valence-corrected chi connectivity index (χ1v) is 4.29. The SMILES string of the molecule is CC(C)(O)c1cnc(C(F)(F)F)s1. The van der Waals surface area contributed by atoms with Crippen molar-refractivity contribution in [1.29, 1.82) is 0 Å². The van der Waals surface area contributed by atoms with Crippen LogP contribution in [0.3, 0.4) is 0 Å². The van der Waals surface area contributed by atoms with Gasteiger partial charge in [0.15, 0.2) is 5.01 Å². The highest BCUT2D eigenvalue weighted by atomic mass is 32.1. The van der Waals surface area contributed by atoms with Crippen LogP contribution in [0.1, 0.15) is 23.7 Å². The molecule has 0 spiro atoms. The highest BCUT2D eigenvalue weighted by Crippen LogP contribution is 2.35. The Balaban J connectivity index is 3.01. The van der Waals surface area contributed by atoms with Gasteiger partial charge in [-0.25, -0.2) is 4.98 Å². The molecule has 0 saturated heterocycles. The molecule has 1 heterocycles. The first-order chi connectivity index (χ1) is 5.71. The number of thiazole rings is 1. The number of nitrogens with zero attached hydrogens (tertiary/aromatic N) is 1. The van der Waals surface area contributed by atoms with Crippen molar-refractivity contribution in [3.63, 3.8) is 0 Å². The average Bonchev–Trinajstić information content (AvgIpc) is 2.28. The molecule has 0 saturated carbocycles. The average molecular weight is 211 g/mol. The van der Waals surface area contributed by atoms with E-state index >= 15 is 0 Å². The zero-order valence-corrected chi connectivity index (χ0v) is 7.83. The molecule has 0 radical (unpaired) electrons. The maximum Gasteiger partial charge on any atom is 0.443 e. The highest BCUT2D eigenvalue weighted by molar-refractivity contribution is 7.11.